The van der Waals surface area contributed by atoms with Crippen LogP contribution in [-0.2, 0) is 4.74 Å². The van der Waals surface area contributed by atoms with Gasteiger partial charge in [0, 0.05) is 11.8 Å². The lowest BCUT2D eigenvalue weighted by atomic mass is 10.2. The van der Waals surface area contributed by atoms with Crippen LogP contribution in [-0.4, -0.2) is 22.2 Å². The molecule has 0 saturated carbocycles. The van der Waals surface area contributed by atoms with Crippen molar-refractivity contribution >= 4 is 27.4 Å². The fourth-order valence-corrected chi connectivity index (χ4v) is 2.30. The molecule has 20 heavy (non-hydrogen) atoms. The Kier molecular flexibility index (Phi) is 3.31. The Bertz CT molecular complexity index is 776. The monoisotopic (exact) mass is 334 g/mol. The fourth-order valence-electron chi connectivity index (χ4n) is 1.91. The number of carbonyl (C=O) groups excluding carboxylic acids is 1. The van der Waals surface area contributed by atoms with E-state index in [9.17, 15) is 4.79 Å². The number of pyridine rings is 1. The van der Waals surface area contributed by atoms with Crippen LogP contribution >= 0.6 is 15.9 Å². The van der Waals surface area contributed by atoms with E-state index >= 15 is 0 Å². The maximum atomic E-state index is 11.6. The molecule has 6 heteroatoms. The van der Waals surface area contributed by atoms with E-state index in [2.05, 4.69) is 21.0 Å². The summed E-state index contributed by atoms with van der Waals surface area (Å²) in [5, 5.41) is 4.18. The van der Waals surface area contributed by atoms with Crippen LogP contribution < -0.4 is 0 Å². The standard InChI is InChI=1S/C14H11BrN2O3/c1-2-19-14(18)10-6-13(20-8-10)9-3-4-17-12(5-9)11(15)7-16-17/h3-8H,2H2,1H3. The number of furan rings is 1. The van der Waals surface area contributed by atoms with E-state index in [1.54, 1.807) is 23.7 Å². The molecule has 3 aromatic rings. The molecule has 0 aromatic carbocycles. The number of hydrogen-bond donors (Lipinski definition) is 0. The first kappa shape index (κ1) is 12.9. The molecule has 0 radical (unpaired) electrons. The van der Waals surface area contributed by atoms with E-state index in [0.717, 1.165) is 15.6 Å². The van der Waals surface area contributed by atoms with Gasteiger partial charge in [-0.1, -0.05) is 0 Å². The number of esters is 1. The van der Waals surface area contributed by atoms with Gasteiger partial charge in [-0.25, -0.2) is 9.31 Å². The summed E-state index contributed by atoms with van der Waals surface area (Å²) in [6.07, 6.45) is 4.97. The van der Waals surface area contributed by atoms with Crippen LogP contribution in [0.2, 0.25) is 0 Å². The van der Waals surface area contributed by atoms with Crippen LogP contribution in [0.4, 0.5) is 0 Å². The highest BCUT2D eigenvalue weighted by Crippen LogP contribution is 2.26. The molecule has 0 spiro atoms. The SMILES string of the molecule is CCOC(=O)c1coc(-c2ccn3ncc(Br)c3c2)c1. The van der Waals surface area contributed by atoms with Crippen molar-refractivity contribution < 1.29 is 13.9 Å². The van der Waals surface area contributed by atoms with Gasteiger partial charge in [-0.3, -0.25) is 0 Å². The van der Waals surface area contributed by atoms with Crippen LogP contribution in [0.25, 0.3) is 16.8 Å². The largest absolute Gasteiger partial charge is 0.463 e. The topological polar surface area (TPSA) is 56.7 Å². The van der Waals surface area contributed by atoms with Gasteiger partial charge in [-0.2, -0.15) is 5.10 Å². The van der Waals surface area contributed by atoms with Gasteiger partial charge in [0.05, 0.1) is 28.4 Å². The van der Waals surface area contributed by atoms with E-state index in [1.165, 1.54) is 6.26 Å². The minimum absolute atomic E-state index is 0.341. The first-order valence-corrected chi connectivity index (χ1v) is 6.87. The van der Waals surface area contributed by atoms with Crippen molar-refractivity contribution in [3.63, 3.8) is 0 Å². The molecule has 0 amide bonds. The Morgan fingerprint density at radius 1 is 1.50 bits per heavy atom. The Labute approximate surface area is 123 Å². The minimum Gasteiger partial charge on any atom is -0.463 e. The number of rotatable bonds is 3. The highest BCUT2D eigenvalue weighted by Gasteiger charge is 2.13. The third kappa shape index (κ3) is 2.22. The molecule has 3 aromatic heterocycles. The summed E-state index contributed by atoms with van der Waals surface area (Å²) in [5.74, 6) is 0.234. The van der Waals surface area contributed by atoms with E-state index in [0.29, 0.717) is 17.9 Å². The third-order valence-corrected chi connectivity index (χ3v) is 3.48. The molecule has 0 N–H and O–H groups in total. The molecule has 0 fully saturated rings. The van der Waals surface area contributed by atoms with Crippen LogP contribution in [0.3, 0.4) is 0 Å². The highest BCUT2D eigenvalue weighted by atomic mass is 79.9. The average Bonchev–Trinajstić information content (AvgIpc) is 3.06. The third-order valence-electron chi connectivity index (χ3n) is 2.87. The summed E-state index contributed by atoms with van der Waals surface area (Å²) in [4.78, 5) is 11.6. The van der Waals surface area contributed by atoms with E-state index in [1.807, 2.05) is 18.3 Å². The average molecular weight is 335 g/mol. The number of hydrogen-bond acceptors (Lipinski definition) is 4. The van der Waals surface area contributed by atoms with Crippen molar-refractivity contribution in [1.82, 2.24) is 9.61 Å². The van der Waals surface area contributed by atoms with Gasteiger partial charge in [0.2, 0.25) is 0 Å². The summed E-state index contributed by atoms with van der Waals surface area (Å²) < 4.78 is 13.0. The number of halogens is 1. The number of fused-ring (bicyclic) bond motifs is 1. The molecule has 0 unspecified atom stereocenters. The van der Waals surface area contributed by atoms with Crippen molar-refractivity contribution in [2.45, 2.75) is 6.92 Å². The van der Waals surface area contributed by atoms with E-state index in [4.69, 9.17) is 9.15 Å². The summed E-state index contributed by atoms with van der Waals surface area (Å²) in [5.41, 5.74) is 2.21. The molecule has 0 saturated heterocycles. The van der Waals surface area contributed by atoms with E-state index < -0.39 is 0 Å². The summed E-state index contributed by atoms with van der Waals surface area (Å²) in [7, 11) is 0. The second kappa shape index (κ2) is 5.13. The van der Waals surface area contributed by atoms with Crippen molar-refractivity contribution in [2.24, 2.45) is 0 Å². The van der Waals surface area contributed by atoms with Crippen molar-refractivity contribution in [2.75, 3.05) is 6.61 Å². The lowest BCUT2D eigenvalue weighted by Gasteiger charge is -1.98. The molecule has 0 aliphatic heterocycles. The normalized spacial score (nSPS) is 10.9. The highest BCUT2D eigenvalue weighted by molar-refractivity contribution is 9.10. The molecule has 0 aliphatic rings. The predicted molar refractivity (Wildman–Crippen MR) is 76.6 cm³/mol. The van der Waals surface area contributed by atoms with Crippen molar-refractivity contribution in [1.29, 1.82) is 0 Å². The quantitative estimate of drug-likeness (QED) is 0.687. The van der Waals surface area contributed by atoms with Gasteiger partial charge in [-0.05, 0) is 41.1 Å². The molecule has 3 heterocycles. The van der Waals surface area contributed by atoms with Gasteiger partial charge in [-0.15, -0.1) is 0 Å². The van der Waals surface area contributed by atoms with Gasteiger partial charge >= 0.3 is 5.97 Å². The summed E-state index contributed by atoms with van der Waals surface area (Å²) in [6, 6.07) is 5.49. The molecule has 5 nitrogen and oxygen atoms in total. The number of nitrogens with zero attached hydrogens (tertiary/aromatic N) is 2. The van der Waals surface area contributed by atoms with Gasteiger partial charge < -0.3 is 9.15 Å². The van der Waals surface area contributed by atoms with Crippen molar-refractivity contribution in [3.8, 4) is 11.3 Å². The van der Waals surface area contributed by atoms with E-state index in [-0.39, 0.29) is 5.97 Å². The van der Waals surface area contributed by atoms with Crippen molar-refractivity contribution in [3.05, 3.63) is 46.9 Å². The Hall–Kier alpha value is -2.08. The summed E-state index contributed by atoms with van der Waals surface area (Å²) >= 11 is 3.43. The smallest absolute Gasteiger partial charge is 0.341 e. The summed E-state index contributed by atoms with van der Waals surface area (Å²) in [6.45, 7) is 2.11. The molecule has 0 aliphatic carbocycles. The number of aromatic nitrogens is 2. The lowest BCUT2D eigenvalue weighted by Crippen LogP contribution is -2.02. The second-order valence-electron chi connectivity index (χ2n) is 4.16. The van der Waals surface area contributed by atoms with Gasteiger partial charge in [0.1, 0.15) is 12.0 Å². The zero-order chi connectivity index (χ0) is 14.1. The fraction of sp³-hybridized carbons (Fsp3) is 0.143. The number of ether oxygens (including phenoxy) is 1. The van der Waals surface area contributed by atoms with Crippen LogP contribution in [0, 0.1) is 0 Å². The molecule has 0 atom stereocenters. The second-order valence-corrected chi connectivity index (χ2v) is 5.01. The maximum absolute atomic E-state index is 11.6. The van der Waals surface area contributed by atoms with Crippen LogP contribution in [0.5, 0.6) is 0 Å². The predicted octanol–water partition coefficient (Wildman–Crippen LogP) is 3.53. The Morgan fingerprint density at radius 3 is 3.15 bits per heavy atom. The zero-order valence-electron chi connectivity index (χ0n) is 10.7. The Balaban J connectivity index is 1.98. The molecule has 3 rings (SSSR count). The maximum Gasteiger partial charge on any atom is 0.341 e. The van der Waals surface area contributed by atoms with Crippen LogP contribution in [0.1, 0.15) is 17.3 Å². The molecule has 0 bridgehead atoms. The lowest BCUT2D eigenvalue weighted by molar-refractivity contribution is 0.0525. The first-order valence-electron chi connectivity index (χ1n) is 6.08. The molecule has 102 valence electrons. The molecular weight excluding hydrogens is 324 g/mol. The Morgan fingerprint density at radius 2 is 2.35 bits per heavy atom. The zero-order valence-corrected chi connectivity index (χ0v) is 12.3. The molecular formula is C14H11BrN2O3. The van der Waals surface area contributed by atoms with Crippen LogP contribution in [0.15, 0.2) is 45.7 Å². The minimum atomic E-state index is -0.380. The van der Waals surface area contributed by atoms with Gasteiger partial charge in [0.15, 0.2) is 0 Å². The number of carbonyl (C=O) groups is 1. The first-order chi connectivity index (χ1) is 9.69. The van der Waals surface area contributed by atoms with Gasteiger partial charge in [0.25, 0.3) is 0 Å².